The van der Waals surface area contributed by atoms with E-state index in [1.165, 1.54) is 5.56 Å². The number of hydrogen-bond donors (Lipinski definition) is 0. The Morgan fingerprint density at radius 1 is 1.24 bits per heavy atom. The summed E-state index contributed by atoms with van der Waals surface area (Å²) in [6, 6.07) is 8.05. The summed E-state index contributed by atoms with van der Waals surface area (Å²) < 4.78 is 18.5. The third-order valence-electron chi connectivity index (χ3n) is 4.73. The first kappa shape index (κ1) is 19.9. The lowest BCUT2D eigenvalue weighted by molar-refractivity contribution is -0.143. The SMILES string of the molecule is CCOC1CN(c2nc(SCc3ccc(OC)cc3)nc3c2ncn3C)CCO1. The Morgan fingerprint density at radius 2 is 2.07 bits per heavy atom. The number of fused-ring (bicyclic) bond motifs is 1. The molecular formula is C20H25N5O3S. The number of hydrogen-bond acceptors (Lipinski definition) is 8. The predicted molar refractivity (Wildman–Crippen MR) is 112 cm³/mol. The van der Waals surface area contributed by atoms with Gasteiger partial charge in [0.2, 0.25) is 0 Å². The normalized spacial score (nSPS) is 17.1. The number of morpholine rings is 1. The zero-order valence-corrected chi connectivity index (χ0v) is 17.7. The number of thioether (sulfide) groups is 1. The van der Waals surface area contributed by atoms with Crippen molar-refractivity contribution in [3.63, 3.8) is 0 Å². The first-order chi connectivity index (χ1) is 14.2. The lowest BCUT2D eigenvalue weighted by Crippen LogP contribution is -2.44. The average Bonchev–Trinajstić information content (AvgIpc) is 3.13. The summed E-state index contributed by atoms with van der Waals surface area (Å²) in [4.78, 5) is 16.3. The summed E-state index contributed by atoms with van der Waals surface area (Å²) in [7, 11) is 3.62. The second-order valence-corrected chi connectivity index (χ2v) is 7.64. The van der Waals surface area contributed by atoms with Crippen LogP contribution in [0.2, 0.25) is 0 Å². The summed E-state index contributed by atoms with van der Waals surface area (Å²) in [6.45, 7) is 4.55. The minimum atomic E-state index is -0.252. The fraction of sp³-hybridized carbons (Fsp3) is 0.450. The maximum atomic E-state index is 5.69. The molecule has 154 valence electrons. The van der Waals surface area contributed by atoms with Crippen LogP contribution in [0.25, 0.3) is 11.2 Å². The molecule has 0 N–H and O–H groups in total. The van der Waals surface area contributed by atoms with E-state index in [9.17, 15) is 0 Å². The molecule has 29 heavy (non-hydrogen) atoms. The molecule has 2 aromatic heterocycles. The maximum Gasteiger partial charge on any atom is 0.191 e. The van der Waals surface area contributed by atoms with Gasteiger partial charge in [-0.2, -0.15) is 0 Å². The Morgan fingerprint density at radius 3 is 2.83 bits per heavy atom. The van der Waals surface area contributed by atoms with Crippen LogP contribution in [0.15, 0.2) is 35.7 Å². The van der Waals surface area contributed by atoms with E-state index >= 15 is 0 Å². The molecule has 9 heteroatoms. The van der Waals surface area contributed by atoms with Gasteiger partial charge in [-0.15, -0.1) is 0 Å². The number of anilines is 1. The molecular weight excluding hydrogens is 390 g/mol. The molecule has 0 saturated carbocycles. The van der Waals surface area contributed by atoms with Crippen LogP contribution in [0.1, 0.15) is 12.5 Å². The second kappa shape index (κ2) is 8.98. The smallest absolute Gasteiger partial charge is 0.191 e. The zero-order valence-electron chi connectivity index (χ0n) is 16.9. The van der Waals surface area contributed by atoms with E-state index in [1.807, 2.05) is 30.7 Å². The highest BCUT2D eigenvalue weighted by Gasteiger charge is 2.25. The number of imidazole rings is 1. The van der Waals surface area contributed by atoms with Crippen LogP contribution in [0.5, 0.6) is 5.75 Å². The number of nitrogens with zero attached hydrogens (tertiary/aromatic N) is 5. The number of ether oxygens (including phenoxy) is 3. The third-order valence-corrected chi connectivity index (χ3v) is 5.65. The van der Waals surface area contributed by atoms with E-state index in [2.05, 4.69) is 22.0 Å². The minimum Gasteiger partial charge on any atom is -0.497 e. The van der Waals surface area contributed by atoms with Crippen molar-refractivity contribution in [1.82, 2.24) is 19.5 Å². The molecule has 1 fully saturated rings. The standard InChI is InChI=1S/C20H25N5O3S/c1-4-27-16-11-25(9-10-28-16)19-17-18(24(2)13-21-17)22-20(23-19)29-12-14-5-7-15(26-3)8-6-14/h5-8,13,16H,4,9-12H2,1-3H3. The molecule has 1 atom stereocenters. The first-order valence-electron chi connectivity index (χ1n) is 9.61. The number of rotatable bonds is 7. The quantitative estimate of drug-likeness (QED) is 0.431. The fourth-order valence-corrected chi connectivity index (χ4v) is 4.01. The molecule has 0 amide bonds. The van der Waals surface area contributed by atoms with Crippen molar-refractivity contribution in [2.45, 2.75) is 24.1 Å². The lowest BCUT2D eigenvalue weighted by Gasteiger charge is -2.33. The number of aryl methyl sites for hydroxylation is 1. The van der Waals surface area contributed by atoms with Crippen molar-refractivity contribution in [1.29, 1.82) is 0 Å². The van der Waals surface area contributed by atoms with Crippen LogP contribution in [-0.2, 0) is 22.3 Å². The van der Waals surface area contributed by atoms with Gasteiger partial charge in [-0.1, -0.05) is 23.9 Å². The molecule has 1 saturated heterocycles. The van der Waals surface area contributed by atoms with E-state index in [-0.39, 0.29) is 6.29 Å². The third kappa shape index (κ3) is 4.47. The van der Waals surface area contributed by atoms with Crippen molar-refractivity contribution >= 4 is 28.7 Å². The Balaban J connectivity index is 1.58. The van der Waals surface area contributed by atoms with E-state index in [0.29, 0.717) is 19.8 Å². The second-order valence-electron chi connectivity index (χ2n) is 6.70. The van der Waals surface area contributed by atoms with E-state index < -0.39 is 0 Å². The van der Waals surface area contributed by atoms with Crippen molar-refractivity contribution in [3.8, 4) is 5.75 Å². The summed E-state index contributed by atoms with van der Waals surface area (Å²) in [5, 5.41) is 0.728. The van der Waals surface area contributed by atoms with Gasteiger partial charge in [0.05, 0.1) is 26.6 Å². The van der Waals surface area contributed by atoms with Crippen molar-refractivity contribution < 1.29 is 14.2 Å². The molecule has 8 nitrogen and oxygen atoms in total. The molecule has 1 unspecified atom stereocenters. The molecule has 1 aliphatic heterocycles. The maximum absolute atomic E-state index is 5.69. The fourth-order valence-electron chi connectivity index (χ4n) is 3.22. The van der Waals surface area contributed by atoms with Crippen molar-refractivity contribution in [2.75, 3.05) is 38.3 Å². The van der Waals surface area contributed by atoms with E-state index in [0.717, 1.165) is 40.2 Å². The summed E-state index contributed by atoms with van der Waals surface area (Å²) >= 11 is 1.61. The molecule has 1 aromatic carbocycles. The van der Waals surface area contributed by atoms with Crippen molar-refractivity contribution in [3.05, 3.63) is 36.2 Å². The van der Waals surface area contributed by atoms with Crippen LogP contribution >= 0.6 is 11.8 Å². The van der Waals surface area contributed by atoms with E-state index in [1.54, 1.807) is 25.2 Å². The number of benzene rings is 1. The molecule has 0 aliphatic carbocycles. The first-order valence-corrected chi connectivity index (χ1v) is 10.6. The Kier molecular flexibility index (Phi) is 6.17. The lowest BCUT2D eigenvalue weighted by atomic mass is 10.2. The monoisotopic (exact) mass is 415 g/mol. The topological polar surface area (TPSA) is 74.5 Å². The van der Waals surface area contributed by atoms with Gasteiger partial charge in [-0.3, -0.25) is 0 Å². The molecule has 0 spiro atoms. The molecule has 4 rings (SSSR count). The van der Waals surface area contributed by atoms with E-state index in [4.69, 9.17) is 24.2 Å². The average molecular weight is 416 g/mol. The molecule has 1 aliphatic rings. The van der Waals surface area contributed by atoms with Gasteiger partial charge < -0.3 is 23.7 Å². The molecule has 3 heterocycles. The summed E-state index contributed by atoms with van der Waals surface area (Å²) in [6.07, 6.45) is 1.53. The van der Waals surface area contributed by atoms with Gasteiger partial charge in [0, 0.05) is 26.0 Å². The van der Waals surface area contributed by atoms with Gasteiger partial charge in [0.25, 0.3) is 0 Å². The summed E-state index contributed by atoms with van der Waals surface area (Å²) in [5.74, 6) is 2.46. The van der Waals surface area contributed by atoms with Gasteiger partial charge in [-0.05, 0) is 24.6 Å². The summed E-state index contributed by atoms with van der Waals surface area (Å²) in [5.41, 5.74) is 2.82. The van der Waals surface area contributed by atoms with Crippen LogP contribution in [0, 0.1) is 0 Å². The van der Waals surface area contributed by atoms with Crippen molar-refractivity contribution in [2.24, 2.45) is 7.05 Å². The van der Waals surface area contributed by atoms with Crippen LogP contribution in [0.3, 0.4) is 0 Å². The van der Waals surface area contributed by atoms with Gasteiger partial charge in [0.15, 0.2) is 28.4 Å². The Hall–Kier alpha value is -2.36. The minimum absolute atomic E-state index is 0.252. The van der Waals surface area contributed by atoms with Crippen LogP contribution < -0.4 is 9.64 Å². The van der Waals surface area contributed by atoms with Crippen LogP contribution in [0.4, 0.5) is 5.82 Å². The highest BCUT2D eigenvalue weighted by molar-refractivity contribution is 7.98. The Bertz CT molecular complexity index is 961. The zero-order chi connectivity index (χ0) is 20.2. The van der Waals surface area contributed by atoms with Gasteiger partial charge in [-0.25, -0.2) is 15.0 Å². The van der Waals surface area contributed by atoms with Crippen LogP contribution in [-0.4, -0.2) is 59.2 Å². The van der Waals surface area contributed by atoms with Gasteiger partial charge >= 0.3 is 0 Å². The largest absolute Gasteiger partial charge is 0.497 e. The highest BCUT2D eigenvalue weighted by Crippen LogP contribution is 2.29. The Labute approximate surface area is 174 Å². The number of aromatic nitrogens is 4. The predicted octanol–water partition coefficient (Wildman–Crippen LogP) is 2.86. The molecule has 0 radical (unpaired) electrons. The highest BCUT2D eigenvalue weighted by atomic mass is 32.2. The number of methoxy groups -OCH3 is 1. The molecule has 3 aromatic rings. The van der Waals surface area contributed by atoms with Gasteiger partial charge in [0.1, 0.15) is 5.75 Å². The molecule has 0 bridgehead atoms.